The summed E-state index contributed by atoms with van der Waals surface area (Å²) in [4.78, 5) is 0. The van der Waals surface area contributed by atoms with Crippen LogP contribution in [0.4, 0.5) is 0 Å². The van der Waals surface area contributed by atoms with Crippen molar-refractivity contribution in [2.75, 3.05) is 6.54 Å². The van der Waals surface area contributed by atoms with E-state index >= 15 is 0 Å². The Balaban J connectivity index is 2.39. The van der Waals surface area contributed by atoms with Crippen molar-refractivity contribution >= 4 is 0 Å². The fourth-order valence-corrected chi connectivity index (χ4v) is 1.06. The van der Waals surface area contributed by atoms with Crippen molar-refractivity contribution in [2.45, 2.75) is 6.42 Å². The maximum absolute atomic E-state index is 3.25. The summed E-state index contributed by atoms with van der Waals surface area (Å²) >= 11 is 0. The van der Waals surface area contributed by atoms with E-state index < -0.39 is 0 Å². The predicted molar refractivity (Wildman–Crippen MR) is 24.2 cm³/mol. The van der Waals surface area contributed by atoms with E-state index in [2.05, 4.69) is 11.4 Å². The lowest BCUT2D eigenvalue weighted by Crippen LogP contribution is -1.98. The lowest BCUT2D eigenvalue weighted by molar-refractivity contribution is 0.703. The molecule has 1 atom stereocenters. The third kappa shape index (κ3) is 0.145. The summed E-state index contributed by atoms with van der Waals surface area (Å²) < 4.78 is 0. The van der Waals surface area contributed by atoms with Crippen molar-refractivity contribution in [1.82, 2.24) is 5.32 Å². The van der Waals surface area contributed by atoms with Crippen LogP contribution in [0.15, 0.2) is 11.8 Å². The van der Waals surface area contributed by atoms with E-state index in [0.29, 0.717) is 0 Å². The summed E-state index contributed by atoms with van der Waals surface area (Å²) in [6, 6.07) is 0. The second kappa shape index (κ2) is 0.625. The van der Waals surface area contributed by atoms with E-state index in [-0.39, 0.29) is 0 Å². The van der Waals surface area contributed by atoms with Crippen LogP contribution in [0.5, 0.6) is 0 Å². The van der Waals surface area contributed by atoms with Gasteiger partial charge in [-0.25, -0.2) is 0 Å². The van der Waals surface area contributed by atoms with Crippen molar-refractivity contribution < 1.29 is 0 Å². The topological polar surface area (TPSA) is 12.0 Å². The van der Waals surface area contributed by atoms with Gasteiger partial charge in [0.2, 0.25) is 0 Å². The molecule has 0 aromatic carbocycles. The van der Waals surface area contributed by atoms with Crippen molar-refractivity contribution in [2.24, 2.45) is 5.92 Å². The second-order valence-electron chi connectivity index (χ2n) is 2.04. The highest BCUT2D eigenvalue weighted by molar-refractivity contribution is 5.21. The van der Waals surface area contributed by atoms with Gasteiger partial charge in [0.15, 0.2) is 0 Å². The molecule has 0 spiro atoms. The van der Waals surface area contributed by atoms with Crippen LogP contribution in [-0.2, 0) is 0 Å². The molecule has 1 heteroatoms. The molecule has 1 fully saturated rings. The quantitative estimate of drug-likeness (QED) is 0.447. The van der Waals surface area contributed by atoms with E-state index in [0.717, 1.165) is 5.92 Å². The Bertz CT molecular complexity index is 101. The Morgan fingerprint density at radius 1 is 1.83 bits per heavy atom. The van der Waals surface area contributed by atoms with E-state index in [1.54, 1.807) is 0 Å². The minimum absolute atomic E-state index is 0.917. The second-order valence-corrected chi connectivity index (χ2v) is 2.04. The highest BCUT2D eigenvalue weighted by Gasteiger charge is 2.25. The highest BCUT2D eigenvalue weighted by Crippen LogP contribution is 2.28. The van der Waals surface area contributed by atoms with Crippen molar-refractivity contribution in [3.63, 3.8) is 0 Å². The Kier molecular flexibility index (Phi) is 0.278. The first-order valence-corrected chi connectivity index (χ1v) is 2.40. The van der Waals surface area contributed by atoms with Crippen LogP contribution in [0, 0.1) is 5.92 Å². The maximum atomic E-state index is 3.25. The van der Waals surface area contributed by atoms with E-state index in [4.69, 9.17) is 0 Å². The van der Waals surface area contributed by atoms with Gasteiger partial charge in [0, 0.05) is 18.2 Å². The van der Waals surface area contributed by atoms with E-state index in [1.165, 1.54) is 18.7 Å². The van der Waals surface area contributed by atoms with E-state index in [1.807, 2.05) is 0 Å². The maximum Gasteiger partial charge on any atom is 0.0211 e. The minimum Gasteiger partial charge on any atom is -0.388 e. The van der Waals surface area contributed by atoms with Gasteiger partial charge in [-0.05, 0) is 6.42 Å². The fourth-order valence-electron chi connectivity index (χ4n) is 1.06. The zero-order chi connectivity index (χ0) is 3.98. The SMILES string of the molecule is C1=C2CC1CN2. The average Bonchev–Trinajstić information content (AvgIpc) is 1.72. The molecule has 1 nitrogen and oxygen atoms in total. The Hall–Kier alpha value is -0.460. The van der Waals surface area contributed by atoms with Crippen molar-refractivity contribution in [1.29, 1.82) is 0 Å². The van der Waals surface area contributed by atoms with Gasteiger partial charge in [-0.2, -0.15) is 0 Å². The predicted octanol–water partition coefficient (Wildman–Crippen LogP) is 0.493. The van der Waals surface area contributed by atoms with Gasteiger partial charge in [0.1, 0.15) is 0 Å². The summed E-state index contributed by atoms with van der Waals surface area (Å²) in [7, 11) is 0. The molecule has 32 valence electrons. The smallest absolute Gasteiger partial charge is 0.0211 e. The molecule has 2 bridgehead atoms. The molecule has 1 N–H and O–H groups in total. The van der Waals surface area contributed by atoms with Crippen LogP contribution < -0.4 is 5.32 Å². The summed E-state index contributed by atoms with van der Waals surface area (Å²) in [5.74, 6) is 0.917. The average molecular weight is 81.1 g/mol. The molecule has 0 aromatic rings. The summed E-state index contributed by atoms with van der Waals surface area (Å²) in [5, 5.41) is 3.25. The first-order valence-electron chi connectivity index (χ1n) is 2.40. The van der Waals surface area contributed by atoms with Gasteiger partial charge in [-0.15, -0.1) is 0 Å². The number of allylic oxidation sites excluding steroid dienone is 1. The van der Waals surface area contributed by atoms with E-state index in [9.17, 15) is 0 Å². The molecule has 2 aliphatic heterocycles. The third-order valence-corrected chi connectivity index (χ3v) is 1.51. The third-order valence-electron chi connectivity index (χ3n) is 1.51. The summed E-state index contributed by atoms with van der Waals surface area (Å²) in [5.41, 5.74) is 1.47. The normalized spacial score (nSPS) is 37.3. The Morgan fingerprint density at radius 3 is 2.83 bits per heavy atom. The summed E-state index contributed by atoms with van der Waals surface area (Å²) in [6.07, 6.45) is 3.64. The minimum atomic E-state index is 0.917. The largest absolute Gasteiger partial charge is 0.388 e. The molecule has 1 unspecified atom stereocenters. The first-order chi connectivity index (χ1) is 2.95. The monoisotopic (exact) mass is 81.1 g/mol. The molecule has 6 heavy (non-hydrogen) atoms. The first kappa shape index (κ1) is 2.67. The van der Waals surface area contributed by atoms with Crippen LogP contribution in [0.25, 0.3) is 0 Å². The molecule has 3 rings (SSSR count). The van der Waals surface area contributed by atoms with Gasteiger partial charge in [0.05, 0.1) is 0 Å². The molecule has 1 saturated heterocycles. The molecule has 3 aliphatic rings. The fraction of sp³-hybridized carbons (Fsp3) is 0.600. The van der Waals surface area contributed by atoms with Crippen LogP contribution >= 0.6 is 0 Å². The number of fused-ring (bicyclic) bond motifs is 1. The lowest BCUT2D eigenvalue weighted by Gasteiger charge is -2.06. The van der Waals surface area contributed by atoms with Crippen LogP contribution in [0.2, 0.25) is 0 Å². The molecule has 0 radical (unpaired) electrons. The van der Waals surface area contributed by atoms with Gasteiger partial charge in [-0.3, -0.25) is 0 Å². The molecule has 0 aromatic heterocycles. The molecular formula is C5H7N. The summed E-state index contributed by atoms with van der Waals surface area (Å²) in [6.45, 7) is 1.22. The van der Waals surface area contributed by atoms with Crippen LogP contribution in [0.1, 0.15) is 6.42 Å². The number of hydrogen-bond acceptors (Lipinski definition) is 1. The Morgan fingerprint density at radius 2 is 2.67 bits per heavy atom. The molecule has 2 heterocycles. The number of rotatable bonds is 0. The molecule has 1 aliphatic carbocycles. The van der Waals surface area contributed by atoms with Gasteiger partial charge < -0.3 is 5.32 Å². The van der Waals surface area contributed by atoms with Gasteiger partial charge >= 0.3 is 0 Å². The number of nitrogens with one attached hydrogen (secondary N) is 1. The Labute approximate surface area is 37.0 Å². The zero-order valence-corrected chi connectivity index (χ0v) is 3.57. The van der Waals surface area contributed by atoms with Crippen molar-refractivity contribution in [3.05, 3.63) is 11.8 Å². The molecule has 0 saturated carbocycles. The highest BCUT2D eigenvalue weighted by atomic mass is 15.0. The lowest BCUT2D eigenvalue weighted by atomic mass is 9.98. The standard InChI is InChI=1S/C5H7N/c1-4-2-5(1)6-3-4/h1,4,6H,2-3H2. The molecular weight excluding hydrogens is 74.1 g/mol. The van der Waals surface area contributed by atoms with Crippen molar-refractivity contribution in [3.8, 4) is 0 Å². The van der Waals surface area contributed by atoms with Gasteiger partial charge in [0.25, 0.3) is 0 Å². The number of hydrogen-bond donors (Lipinski definition) is 1. The zero-order valence-electron chi connectivity index (χ0n) is 3.57. The van der Waals surface area contributed by atoms with Crippen LogP contribution in [-0.4, -0.2) is 6.54 Å². The van der Waals surface area contributed by atoms with Gasteiger partial charge in [-0.1, -0.05) is 6.08 Å². The van der Waals surface area contributed by atoms with Crippen LogP contribution in [0.3, 0.4) is 0 Å². The molecule has 0 amide bonds.